The molecular formula is C12H15NO4. The highest BCUT2D eigenvalue weighted by Crippen LogP contribution is 2.12. The maximum absolute atomic E-state index is 11.7. The van der Waals surface area contributed by atoms with E-state index in [0.717, 1.165) is 0 Å². The number of hydrogen-bond donors (Lipinski definition) is 2. The molecule has 0 aliphatic rings. The van der Waals surface area contributed by atoms with Crippen LogP contribution in [0, 0.1) is 0 Å². The number of hydrogen-bond acceptors (Lipinski definition) is 4. The lowest BCUT2D eigenvalue weighted by atomic mass is 10.1. The molecule has 0 saturated carbocycles. The van der Waals surface area contributed by atoms with E-state index >= 15 is 0 Å². The molecule has 0 aromatic heterocycles. The number of rotatable bonds is 7. The molecule has 1 aromatic carbocycles. The number of nitrogens with one attached hydrogen (secondary N) is 1. The van der Waals surface area contributed by atoms with Crippen molar-refractivity contribution >= 4 is 11.8 Å². The quantitative estimate of drug-likeness (QED) is 0.545. The first-order valence-corrected chi connectivity index (χ1v) is 5.23. The molecule has 0 heterocycles. The Kier molecular flexibility index (Phi) is 5.16. The fourth-order valence-corrected chi connectivity index (χ4v) is 1.30. The fourth-order valence-electron chi connectivity index (χ4n) is 1.30. The van der Waals surface area contributed by atoms with Gasteiger partial charge in [0.2, 0.25) is 0 Å². The lowest BCUT2D eigenvalue weighted by Gasteiger charge is -2.04. The summed E-state index contributed by atoms with van der Waals surface area (Å²) in [5, 5.41) is 11.2. The highest BCUT2D eigenvalue weighted by molar-refractivity contribution is 5.97. The summed E-state index contributed by atoms with van der Waals surface area (Å²) in [6, 6.07) is 6.85. The van der Waals surface area contributed by atoms with E-state index < -0.39 is 5.97 Å². The summed E-state index contributed by atoms with van der Waals surface area (Å²) < 4.78 is 5.01. The predicted molar refractivity (Wildman–Crippen MR) is 62.4 cm³/mol. The molecule has 0 unspecified atom stereocenters. The standard InChI is InChI=1S/C12H15NO4/c1-17-10-4-2-3-9(7-10)11(14)8-13-6-5-12(15)16/h2-4,7,13H,5-6,8H2,1H3,(H,15,16). The van der Waals surface area contributed by atoms with Gasteiger partial charge in [-0.15, -0.1) is 0 Å². The van der Waals surface area contributed by atoms with Gasteiger partial charge in [-0.1, -0.05) is 12.1 Å². The van der Waals surface area contributed by atoms with Crippen molar-refractivity contribution in [2.75, 3.05) is 20.2 Å². The van der Waals surface area contributed by atoms with Gasteiger partial charge in [-0.3, -0.25) is 9.59 Å². The van der Waals surface area contributed by atoms with Gasteiger partial charge in [-0.05, 0) is 12.1 Å². The molecule has 0 bridgehead atoms. The second-order valence-corrected chi connectivity index (χ2v) is 3.48. The number of carbonyl (C=O) groups excluding carboxylic acids is 1. The van der Waals surface area contributed by atoms with Crippen LogP contribution >= 0.6 is 0 Å². The van der Waals surface area contributed by atoms with Gasteiger partial charge in [0.15, 0.2) is 5.78 Å². The Morgan fingerprint density at radius 3 is 2.82 bits per heavy atom. The van der Waals surface area contributed by atoms with Crippen molar-refractivity contribution in [3.8, 4) is 5.75 Å². The van der Waals surface area contributed by atoms with E-state index in [-0.39, 0.29) is 25.3 Å². The third-order valence-corrected chi connectivity index (χ3v) is 2.19. The minimum absolute atomic E-state index is 0.00535. The predicted octanol–water partition coefficient (Wildman–Crippen LogP) is 0.942. The second-order valence-electron chi connectivity index (χ2n) is 3.48. The monoisotopic (exact) mass is 237 g/mol. The zero-order valence-electron chi connectivity index (χ0n) is 9.60. The van der Waals surface area contributed by atoms with E-state index in [1.807, 2.05) is 0 Å². The summed E-state index contributed by atoms with van der Waals surface area (Å²) >= 11 is 0. The molecule has 17 heavy (non-hydrogen) atoms. The molecule has 92 valence electrons. The van der Waals surface area contributed by atoms with Gasteiger partial charge in [0, 0.05) is 12.1 Å². The van der Waals surface area contributed by atoms with Crippen molar-refractivity contribution in [3.63, 3.8) is 0 Å². The summed E-state index contributed by atoms with van der Waals surface area (Å²) in [5.41, 5.74) is 0.548. The topological polar surface area (TPSA) is 75.6 Å². The third-order valence-electron chi connectivity index (χ3n) is 2.19. The molecule has 0 radical (unpaired) electrons. The van der Waals surface area contributed by atoms with E-state index in [2.05, 4.69) is 5.32 Å². The van der Waals surface area contributed by atoms with E-state index in [4.69, 9.17) is 9.84 Å². The number of ketones is 1. The van der Waals surface area contributed by atoms with Crippen molar-refractivity contribution in [1.82, 2.24) is 5.32 Å². The Bertz CT molecular complexity index is 403. The van der Waals surface area contributed by atoms with Crippen LogP contribution in [0.15, 0.2) is 24.3 Å². The average Bonchev–Trinajstić information content (AvgIpc) is 2.34. The van der Waals surface area contributed by atoms with Gasteiger partial charge in [-0.25, -0.2) is 0 Å². The van der Waals surface area contributed by atoms with E-state index in [0.29, 0.717) is 11.3 Å². The molecule has 0 spiro atoms. The van der Waals surface area contributed by atoms with E-state index in [1.165, 1.54) is 7.11 Å². The molecule has 0 fully saturated rings. The molecule has 0 saturated heterocycles. The number of aliphatic carboxylic acids is 1. The average molecular weight is 237 g/mol. The minimum Gasteiger partial charge on any atom is -0.497 e. The van der Waals surface area contributed by atoms with Crippen molar-refractivity contribution in [1.29, 1.82) is 0 Å². The highest BCUT2D eigenvalue weighted by atomic mass is 16.5. The summed E-state index contributed by atoms with van der Waals surface area (Å²) in [6.07, 6.45) is 0.00535. The molecular weight excluding hydrogens is 222 g/mol. The van der Waals surface area contributed by atoms with Crippen molar-refractivity contribution in [3.05, 3.63) is 29.8 Å². The van der Waals surface area contributed by atoms with Crippen LogP contribution in [0.25, 0.3) is 0 Å². The number of ether oxygens (including phenoxy) is 1. The van der Waals surface area contributed by atoms with Crippen LogP contribution in [0.3, 0.4) is 0 Å². The molecule has 2 N–H and O–H groups in total. The highest BCUT2D eigenvalue weighted by Gasteiger charge is 2.06. The number of methoxy groups -OCH3 is 1. The van der Waals surface area contributed by atoms with E-state index in [1.54, 1.807) is 24.3 Å². The zero-order chi connectivity index (χ0) is 12.7. The van der Waals surface area contributed by atoms with Gasteiger partial charge >= 0.3 is 5.97 Å². The normalized spacial score (nSPS) is 9.94. The first kappa shape index (κ1) is 13.2. The number of carbonyl (C=O) groups is 2. The molecule has 0 amide bonds. The van der Waals surface area contributed by atoms with Gasteiger partial charge in [-0.2, -0.15) is 0 Å². The summed E-state index contributed by atoms with van der Waals surface area (Å²) in [6.45, 7) is 0.408. The Morgan fingerprint density at radius 1 is 1.41 bits per heavy atom. The van der Waals surface area contributed by atoms with Crippen LogP contribution in [0.5, 0.6) is 5.75 Å². The Morgan fingerprint density at radius 2 is 2.18 bits per heavy atom. The molecule has 0 aliphatic heterocycles. The molecule has 1 rings (SSSR count). The van der Waals surface area contributed by atoms with Crippen LogP contribution in [-0.4, -0.2) is 37.1 Å². The van der Waals surface area contributed by atoms with Crippen LogP contribution in [0.2, 0.25) is 0 Å². The molecule has 5 heteroatoms. The summed E-state index contributed by atoms with van der Waals surface area (Å²) in [5.74, 6) is -0.345. The molecule has 0 atom stereocenters. The Hall–Kier alpha value is -1.88. The number of carboxylic acids is 1. The first-order valence-electron chi connectivity index (χ1n) is 5.23. The molecule has 1 aromatic rings. The maximum Gasteiger partial charge on any atom is 0.304 e. The van der Waals surface area contributed by atoms with Crippen molar-refractivity contribution in [2.24, 2.45) is 0 Å². The van der Waals surface area contributed by atoms with Gasteiger partial charge in [0.25, 0.3) is 0 Å². The summed E-state index contributed by atoms with van der Waals surface area (Å²) in [4.78, 5) is 21.9. The molecule has 0 aliphatic carbocycles. The first-order chi connectivity index (χ1) is 8.13. The third kappa shape index (κ3) is 4.65. The van der Waals surface area contributed by atoms with Crippen LogP contribution in [-0.2, 0) is 4.79 Å². The SMILES string of the molecule is COc1cccc(C(=O)CNCCC(=O)O)c1. The van der Waals surface area contributed by atoms with Crippen LogP contribution in [0.4, 0.5) is 0 Å². The lowest BCUT2D eigenvalue weighted by molar-refractivity contribution is -0.136. The lowest BCUT2D eigenvalue weighted by Crippen LogP contribution is -2.25. The van der Waals surface area contributed by atoms with Gasteiger partial charge < -0.3 is 15.2 Å². The van der Waals surface area contributed by atoms with Crippen molar-refractivity contribution < 1.29 is 19.4 Å². The number of benzene rings is 1. The largest absolute Gasteiger partial charge is 0.497 e. The number of carboxylic acid groups (broad SMARTS) is 1. The summed E-state index contributed by atoms with van der Waals surface area (Å²) in [7, 11) is 1.54. The Labute approximate surface area is 99.4 Å². The zero-order valence-corrected chi connectivity index (χ0v) is 9.60. The fraction of sp³-hybridized carbons (Fsp3) is 0.333. The maximum atomic E-state index is 11.7. The van der Waals surface area contributed by atoms with Crippen LogP contribution < -0.4 is 10.1 Å². The van der Waals surface area contributed by atoms with Crippen molar-refractivity contribution in [2.45, 2.75) is 6.42 Å². The number of Topliss-reactive ketones (excluding diaryl/α,β-unsaturated/α-hetero) is 1. The second kappa shape index (κ2) is 6.65. The van der Waals surface area contributed by atoms with Gasteiger partial charge in [0.05, 0.1) is 20.1 Å². The Balaban J connectivity index is 2.43. The minimum atomic E-state index is -0.883. The molecule has 5 nitrogen and oxygen atoms in total. The van der Waals surface area contributed by atoms with Gasteiger partial charge in [0.1, 0.15) is 5.75 Å². The van der Waals surface area contributed by atoms with Crippen LogP contribution in [0.1, 0.15) is 16.8 Å². The van der Waals surface area contributed by atoms with E-state index in [9.17, 15) is 9.59 Å². The smallest absolute Gasteiger partial charge is 0.304 e.